The van der Waals surface area contributed by atoms with Gasteiger partial charge in [-0.15, -0.1) is 0 Å². The van der Waals surface area contributed by atoms with Crippen molar-refractivity contribution in [1.29, 1.82) is 0 Å². The summed E-state index contributed by atoms with van der Waals surface area (Å²) < 4.78 is 5.89. The lowest BCUT2D eigenvalue weighted by Gasteiger charge is -2.27. The molecule has 0 aromatic heterocycles. The van der Waals surface area contributed by atoms with Crippen molar-refractivity contribution in [3.63, 3.8) is 0 Å². The first-order valence-corrected chi connectivity index (χ1v) is 8.05. The first-order valence-electron chi connectivity index (χ1n) is 8.05. The van der Waals surface area contributed by atoms with Crippen LogP contribution in [0.4, 0.5) is 0 Å². The third kappa shape index (κ3) is 3.53. The molecule has 1 aromatic rings. The average molecular weight is 303 g/mol. The molecule has 22 heavy (non-hydrogen) atoms. The van der Waals surface area contributed by atoms with E-state index in [0.29, 0.717) is 11.3 Å². The molecule has 2 heterocycles. The molecule has 1 aromatic carbocycles. The minimum absolute atomic E-state index is 0.00554. The molecule has 0 spiro atoms. The highest BCUT2D eigenvalue weighted by Crippen LogP contribution is 2.27. The molecule has 0 saturated carbocycles. The number of ether oxygens (including phenoxy) is 1. The Labute approximate surface area is 131 Å². The Bertz CT molecular complexity index is 521. The van der Waals surface area contributed by atoms with Gasteiger partial charge in [0.05, 0.1) is 5.56 Å². The highest BCUT2D eigenvalue weighted by atomic mass is 16.5. The molecule has 0 aliphatic carbocycles. The van der Waals surface area contributed by atoms with E-state index in [2.05, 4.69) is 11.7 Å². The fourth-order valence-corrected chi connectivity index (χ4v) is 3.00. The molecule has 3 rings (SSSR count). The van der Waals surface area contributed by atoms with Gasteiger partial charge >= 0.3 is 0 Å². The first kappa shape index (κ1) is 15.2. The Morgan fingerprint density at radius 2 is 1.95 bits per heavy atom. The van der Waals surface area contributed by atoms with Crippen molar-refractivity contribution in [2.75, 3.05) is 26.2 Å². The lowest BCUT2D eigenvalue weighted by Crippen LogP contribution is -2.35. The summed E-state index contributed by atoms with van der Waals surface area (Å²) in [6, 6.07) is 5.02. The number of rotatable bonds is 3. The zero-order chi connectivity index (χ0) is 15.4. The van der Waals surface area contributed by atoms with E-state index < -0.39 is 0 Å². The molecule has 0 unspecified atom stereocenters. The smallest absolute Gasteiger partial charge is 0.257 e. The zero-order valence-electron chi connectivity index (χ0n) is 12.8. The van der Waals surface area contributed by atoms with Crippen molar-refractivity contribution in [2.24, 2.45) is 0 Å². The van der Waals surface area contributed by atoms with Crippen LogP contribution in [0.2, 0.25) is 0 Å². The third-order valence-corrected chi connectivity index (χ3v) is 4.28. The normalized spacial score (nSPS) is 19.9. The van der Waals surface area contributed by atoms with E-state index in [9.17, 15) is 9.90 Å². The molecule has 119 valence electrons. The maximum atomic E-state index is 12.4. The van der Waals surface area contributed by atoms with Gasteiger partial charge in [-0.1, -0.05) is 0 Å². The molecule has 2 saturated heterocycles. The van der Waals surface area contributed by atoms with Gasteiger partial charge in [-0.05, 0) is 57.3 Å². The number of nitrogens with zero attached hydrogens (tertiary/aromatic N) is 1. The van der Waals surface area contributed by atoms with E-state index in [1.807, 2.05) is 0 Å². The number of phenols is 1. The largest absolute Gasteiger partial charge is 0.507 e. The van der Waals surface area contributed by atoms with Crippen molar-refractivity contribution in [3.8, 4) is 11.5 Å². The molecule has 0 atom stereocenters. The van der Waals surface area contributed by atoms with Crippen LogP contribution < -0.4 is 10.1 Å². The van der Waals surface area contributed by atoms with E-state index >= 15 is 0 Å². The van der Waals surface area contributed by atoms with E-state index in [1.165, 1.54) is 0 Å². The second-order valence-electron chi connectivity index (χ2n) is 5.90. The molecule has 0 bridgehead atoms. The first-order chi connectivity index (χ1) is 10.7. The molecule has 2 N–H and O–H groups in total. The molecular formula is C17H23N2O3. The summed E-state index contributed by atoms with van der Waals surface area (Å²) in [4.78, 5) is 14.2. The standard InChI is InChI=1S/C17H23N2O3/c20-16-12-14(22-13-6-8-18-9-7-13)4-5-15(16)17(21)19-10-2-1-3-11-19/h1,4-5,12-13,18,20H,2-3,6-11H2. The van der Waals surface area contributed by atoms with Crippen molar-refractivity contribution in [3.05, 3.63) is 30.2 Å². The number of amides is 1. The lowest BCUT2D eigenvalue weighted by molar-refractivity contribution is 0.0738. The number of hydrogen-bond donors (Lipinski definition) is 2. The van der Waals surface area contributed by atoms with Gasteiger partial charge in [-0.3, -0.25) is 4.79 Å². The maximum Gasteiger partial charge on any atom is 0.257 e. The predicted molar refractivity (Wildman–Crippen MR) is 84.1 cm³/mol. The number of carbonyl (C=O) groups is 1. The van der Waals surface area contributed by atoms with Crippen molar-refractivity contribution in [1.82, 2.24) is 10.2 Å². The molecule has 5 heteroatoms. The van der Waals surface area contributed by atoms with Gasteiger partial charge in [-0.2, -0.15) is 0 Å². The van der Waals surface area contributed by atoms with Crippen LogP contribution in [0.3, 0.4) is 0 Å². The Balaban J connectivity index is 1.67. The van der Waals surface area contributed by atoms with E-state index in [1.54, 1.807) is 23.1 Å². The molecule has 2 aliphatic rings. The summed E-state index contributed by atoms with van der Waals surface area (Å²) in [5.41, 5.74) is 0.361. The van der Waals surface area contributed by atoms with Gasteiger partial charge in [0.25, 0.3) is 5.91 Å². The molecule has 1 amide bonds. The molecule has 2 fully saturated rings. The second-order valence-corrected chi connectivity index (χ2v) is 5.90. The van der Waals surface area contributed by atoms with Crippen LogP contribution in [0.5, 0.6) is 11.5 Å². The fraction of sp³-hybridized carbons (Fsp3) is 0.529. The molecule has 2 aliphatic heterocycles. The van der Waals surface area contributed by atoms with Crippen molar-refractivity contribution in [2.45, 2.75) is 31.8 Å². The molecular weight excluding hydrogens is 280 g/mol. The number of benzene rings is 1. The highest BCUT2D eigenvalue weighted by molar-refractivity contribution is 5.97. The quantitative estimate of drug-likeness (QED) is 0.896. The number of piperidine rings is 2. The Morgan fingerprint density at radius 1 is 1.23 bits per heavy atom. The Kier molecular flexibility index (Phi) is 4.83. The Morgan fingerprint density at radius 3 is 2.64 bits per heavy atom. The lowest BCUT2D eigenvalue weighted by atomic mass is 10.1. The average Bonchev–Trinajstić information content (AvgIpc) is 2.56. The van der Waals surface area contributed by atoms with Gasteiger partial charge in [0.15, 0.2) is 0 Å². The van der Waals surface area contributed by atoms with Gasteiger partial charge in [0.1, 0.15) is 17.6 Å². The van der Waals surface area contributed by atoms with E-state index in [0.717, 1.165) is 51.9 Å². The van der Waals surface area contributed by atoms with Crippen LogP contribution >= 0.6 is 0 Å². The van der Waals surface area contributed by atoms with Gasteiger partial charge in [0.2, 0.25) is 0 Å². The fourth-order valence-electron chi connectivity index (χ4n) is 3.00. The SMILES string of the molecule is O=C(c1ccc(OC2CCNCC2)cc1O)N1CC[CH]CC1. The van der Waals surface area contributed by atoms with Crippen LogP contribution in [0.25, 0.3) is 0 Å². The molecule has 1 radical (unpaired) electrons. The monoisotopic (exact) mass is 303 g/mol. The minimum atomic E-state index is -0.0981. The van der Waals surface area contributed by atoms with Crippen LogP contribution in [0.1, 0.15) is 36.0 Å². The minimum Gasteiger partial charge on any atom is -0.507 e. The van der Waals surface area contributed by atoms with Gasteiger partial charge in [0, 0.05) is 19.2 Å². The number of aromatic hydroxyl groups is 1. The zero-order valence-corrected chi connectivity index (χ0v) is 12.8. The maximum absolute atomic E-state index is 12.4. The Hall–Kier alpha value is -1.75. The third-order valence-electron chi connectivity index (χ3n) is 4.28. The highest BCUT2D eigenvalue weighted by Gasteiger charge is 2.22. The van der Waals surface area contributed by atoms with E-state index in [-0.39, 0.29) is 17.8 Å². The predicted octanol–water partition coefficient (Wildman–Crippen LogP) is 1.96. The van der Waals surface area contributed by atoms with Crippen LogP contribution in [-0.4, -0.2) is 48.2 Å². The van der Waals surface area contributed by atoms with Crippen LogP contribution in [0.15, 0.2) is 18.2 Å². The summed E-state index contributed by atoms with van der Waals surface area (Å²) in [5.74, 6) is 0.540. The summed E-state index contributed by atoms with van der Waals surface area (Å²) in [6.07, 6.45) is 6.14. The van der Waals surface area contributed by atoms with Crippen LogP contribution in [-0.2, 0) is 0 Å². The number of phenolic OH excluding ortho intramolecular Hbond substituents is 1. The van der Waals surface area contributed by atoms with Crippen molar-refractivity contribution >= 4 is 5.91 Å². The topological polar surface area (TPSA) is 61.8 Å². The van der Waals surface area contributed by atoms with Gasteiger partial charge in [-0.25, -0.2) is 0 Å². The van der Waals surface area contributed by atoms with E-state index in [4.69, 9.17) is 4.74 Å². The van der Waals surface area contributed by atoms with Crippen LogP contribution in [0, 0.1) is 6.42 Å². The number of hydrogen-bond acceptors (Lipinski definition) is 4. The van der Waals surface area contributed by atoms with Crippen molar-refractivity contribution < 1.29 is 14.6 Å². The second kappa shape index (κ2) is 7.01. The summed E-state index contributed by atoms with van der Waals surface area (Å²) in [6.45, 7) is 3.37. The van der Waals surface area contributed by atoms with Gasteiger partial charge < -0.3 is 20.1 Å². The summed E-state index contributed by atoms with van der Waals surface area (Å²) in [7, 11) is 0. The molecule has 5 nitrogen and oxygen atoms in total. The number of carbonyl (C=O) groups excluding carboxylic acids is 1. The summed E-state index contributed by atoms with van der Waals surface area (Å²) in [5, 5.41) is 13.5. The summed E-state index contributed by atoms with van der Waals surface area (Å²) >= 11 is 0. The number of likely N-dealkylation sites (tertiary alicyclic amines) is 1. The number of nitrogens with one attached hydrogen (secondary N) is 1.